The number of benzene rings is 1. The third kappa shape index (κ3) is 4.22. The zero-order chi connectivity index (χ0) is 13.7. The molecule has 0 saturated heterocycles. The minimum absolute atomic E-state index is 0.0473. The molecule has 3 heteroatoms. The maximum absolute atomic E-state index is 10.00. The van der Waals surface area contributed by atoms with E-state index in [1.165, 1.54) is 0 Å². The van der Waals surface area contributed by atoms with Gasteiger partial charge in [0.15, 0.2) is 0 Å². The Bertz CT molecular complexity index is 392. The van der Waals surface area contributed by atoms with Gasteiger partial charge in [-0.2, -0.15) is 0 Å². The first kappa shape index (κ1) is 14.4. The summed E-state index contributed by atoms with van der Waals surface area (Å²) in [6.45, 7) is 5.07. The third-order valence-electron chi connectivity index (χ3n) is 3.62. The molecule has 19 heavy (non-hydrogen) atoms. The maximum Gasteiger partial charge on any atom is 0.124 e. The summed E-state index contributed by atoms with van der Waals surface area (Å²) in [5, 5.41) is 13.4. The molecular weight excluding hydrogens is 238 g/mol. The Morgan fingerprint density at radius 3 is 2.74 bits per heavy atom. The van der Waals surface area contributed by atoms with Gasteiger partial charge in [0, 0.05) is 18.2 Å². The van der Waals surface area contributed by atoms with E-state index in [2.05, 4.69) is 25.2 Å². The summed E-state index contributed by atoms with van der Waals surface area (Å²) in [6, 6.07) is 8.55. The smallest absolute Gasteiger partial charge is 0.124 e. The molecule has 0 spiro atoms. The minimum Gasteiger partial charge on any atom is -0.487 e. The summed E-state index contributed by atoms with van der Waals surface area (Å²) in [5.41, 5.74) is 1.16. The van der Waals surface area contributed by atoms with Crippen molar-refractivity contribution in [3.05, 3.63) is 29.8 Å². The maximum atomic E-state index is 10.00. The lowest BCUT2D eigenvalue weighted by atomic mass is 9.95. The Morgan fingerprint density at radius 1 is 1.26 bits per heavy atom. The molecule has 0 aliphatic heterocycles. The zero-order valence-electron chi connectivity index (χ0n) is 11.9. The summed E-state index contributed by atoms with van der Waals surface area (Å²) in [6.07, 6.45) is 3.70. The highest BCUT2D eigenvalue weighted by Gasteiger charge is 2.25. The average molecular weight is 263 g/mol. The fourth-order valence-corrected chi connectivity index (χ4v) is 2.46. The Labute approximate surface area is 116 Å². The second-order valence-corrected chi connectivity index (χ2v) is 5.65. The molecule has 1 aliphatic carbocycles. The number of hydrogen-bond donors (Lipinski definition) is 2. The van der Waals surface area contributed by atoms with E-state index in [-0.39, 0.29) is 12.2 Å². The highest BCUT2D eigenvalue weighted by atomic mass is 16.5. The summed E-state index contributed by atoms with van der Waals surface area (Å²) in [5.74, 6) is 0.904. The van der Waals surface area contributed by atoms with E-state index in [0.717, 1.165) is 43.5 Å². The van der Waals surface area contributed by atoms with Crippen LogP contribution in [-0.4, -0.2) is 23.4 Å². The van der Waals surface area contributed by atoms with Crippen LogP contribution in [0.1, 0.15) is 45.1 Å². The molecule has 2 atom stereocenters. The SMILES string of the molecule is CC(C)NCc1ccccc1OC1CCCCC1O. The largest absolute Gasteiger partial charge is 0.487 e. The highest BCUT2D eigenvalue weighted by Crippen LogP contribution is 2.26. The van der Waals surface area contributed by atoms with Crippen LogP contribution in [0.15, 0.2) is 24.3 Å². The first-order valence-corrected chi connectivity index (χ1v) is 7.33. The lowest BCUT2D eigenvalue weighted by Crippen LogP contribution is -2.35. The summed E-state index contributed by atoms with van der Waals surface area (Å²) in [4.78, 5) is 0. The van der Waals surface area contributed by atoms with Crippen LogP contribution in [-0.2, 0) is 6.54 Å². The van der Waals surface area contributed by atoms with Crippen LogP contribution < -0.4 is 10.1 Å². The molecule has 0 bridgehead atoms. The Morgan fingerprint density at radius 2 is 2.00 bits per heavy atom. The van der Waals surface area contributed by atoms with Gasteiger partial charge in [0.05, 0.1) is 6.10 Å². The van der Waals surface area contributed by atoms with Crippen molar-refractivity contribution in [1.29, 1.82) is 0 Å². The molecule has 2 unspecified atom stereocenters. The number of aliphatic hydroxyl groups excluding tert-OH is 1. The number of rotatable bonds is 5. The van der Waals surface area contributed by atoms with Crippen LogP contribution in [0.2, 0.25) is 0 Å². The van der Waals surface area contributed by atoms with E-state index >= 15 is 0 Å². The van der Waals surface area contributed by atoms with E-state index in [0.29, 0.717) is 6.04 Å². The van der Waals surface area contributed by atoms with Crippen molar-refractivity contribution >= 4 is 0 Å². The number of nitrogens with one attached hydrogen (secondary N) is 1. The zero-order valence-corrected chi connectivity index (χ0v) is 11.9. The van der Waals surface area contributed by atoms with Crippen molar-refractivity contribution in [2.75, 3.05) is 0 Å². The van der Waals surface area contributed by atoms with E-state index in [1.807, 2.05) is 18.2 Å². The van der Waals surface area contributed by atoms with Gasteiger partial charge in [0.2, 0.25) is 0 Å². The van der Waals surface area contributed by atoms with Crippen LogP contribution in [0.25, 0.3) is 0 Å². The van der Waals surface area contributed by atoms with Gasteiger partial charge in [-0.1, -0.05) is 38.5 Å². The molecule has 0 aromatic heterocycles. The predicted octanol–water partition coefficient (Wildman–Crippen LogP) is 2.87. The van der Waals surface area contributed by atoms with E-state index in [1.54, 1.807) is 0 Å². The first-order valence-electron chi connectivity index (χ1n) is 7.33. The standard InChI is InChI=1S/C16H25NO2/c1-12(2)17-11-13-7-3-5-9-15(13)19-16-10-6-4-8-14(16)18/h3,5,7,9,12,14,16-18H,4,6,8,10-11H2,1-2H3. The van der Waals surface area contributed by atoms with Gasteiger partial charge in [-0.25, -0.2) is 0 Å². The van der Waals surface area contributed by atoms with Gasteiger partial charge >= 0.3 is 0 Å². The first-order chi connectivity index (χ1) is 9.16. The van der Waals surface area contributed by atoms with Crippen molar-refractivity contribution in [2.24, 2.45) is 0 Å². The third-order valence-corrected chi connectivity index (χ3v) is 3.62. The molecule has 1 aliphatic rings. The van der Waals surface area contributed by atoms with Gasteiger partial charge in [-0.05, 0) is 25.3 Å². The van der Waals surface area contributed by atoms with Gasteiger partial charge in [0.1, 0.15) is 11.9 Å². The highest BCUT2D eigenvalue weighted by molar-refractivity contribution is 5.33. The molecule has 2 rings (SSSR count). The quantitative estimate of drug-likeness (QED) is 0.858. The van der Waals surface area contributed by atoms with Crippen molar-refractivity contribution in [1.82, 2.24) is 5.32 Å². The molecule has 3 nitrogen and oxygen atoms in total. The summed E-state index contributed by atoms with van der Waals surface area (Å²) in [7, 11) is 0. The second-order valence-electron chi connectivity index (χ2n) is 5.65. The van der Waals surface area contributed by atoms with Gasteiger partial charge in [0.25, 0.3) is 0 Å². The second kappa shape index (κ2) is 6.92. The monoisotopic (exact) mass is 263 g/mol. The van der Waals surface area contributed by atoms with Crippen LogP contribution in [0.5, 0.6) is 5.75 Å². The van der Waals surface area contributed by atoms with Crippen LogP contribution >= 0.6 is 0 Å². The lowest BCUT2D eigenvalue weighted by molar-refractivity contribution is 0.00634. The number of hydrogen-bond acceptors (Lipinski definition) is 3. The topological polar surface area (TPSA) is 41.5 Å². The minimum atomic E-state index is -0.320. The lowest BCUT2D eigenvalue weighted by Gasteiger charge is -2.29. The van der Waals surface area contributed by atoms with Crippen LogP contribution in [0.3, 0.4) is 0 Å². The summed E-state index contributed by atoms with van der Waals surface area (Å²) < 4.78 is 6.04. The molecule has 0 heterocycles. The Balaban J connectivity index is 2.02. The molecule has 0 amide bonds. The molecule has 1 fully saturated rings. The molecule has 1 aromatic carbocycles. The van der Waals surface area contributed by atoms with E-state index < -0.39 is 0 Å². The average Bonchev–Trinajstić information content (AvgIpc) is 2.40. The van der Waals surface area contributed by atoms with Gasteiger partial charge in [-0.3, -0.25) is 0 Å². The molecular formula is C16H25NO2. The van der Waals surface area contributed by atoms with Crippen molar-refractivity contribution in [2.45, 2.75) is 64.3 Å². The molecule has 1 aromatic rings. The molecule has 106 valence electrons. The van der Waals surface area contributed by atoms with Crippen molar-refractivity contribution < 1.29 is 9.84 Å². The van der Waals surface area contributed by atoms with Gasteiger partial charge in [-0.15, -0.1) is 0 Å². The molecule has 2 N–H and O–H groups in total. The predicted molar refractivity (Wildman–Crippen MR) is 77.3 cm³/mol. The fourth-order valence-electron chi connectivity index (χ4n) is 2.46. The number of para-hydroxylation sites is 1. The normalized spacial score (nSPS) is 23.6. The fraction of sp³-hybridized carbons (Fsp3) is 0.625. The summed E-state index contributed by atoms with van der Waals surface area (Å²) >= 11 is 0. The molecule has 0 radical (unpaired) electrons. The Hall–Kier alpha value is -1.06. The van der Waals surface area contributed by atoms with Crippen molar-refractivity contribution in [3.8, 4) is 5.75 Å². The number of ether oxygens (including phenoxy) is 1. The van der Waals surface area contributed by atoms with E-state index in [9.17, 15) is 5.11 Å². The Kier molecular flexibility index (Phi) is 5.23. The van der Waals surface area contributed by atoms with Crippen LogP contribution in [0, 0.1) is 0 Å². The van der Waals surface area contributed by atoms with Crippen molar-refractivity contribution in [3.63, 3.8) is 0 Å². The van der Waals surface area contributed by atoms with E-state index in [4.69, 9.17) is 4.74 Å². The van der Waals surface area contributed by atoms with Gasteiger partial charge < -0.3 is 15.2 Å². The number of aliphatic hydroxyl groups is 1. The molecule has 1 saturated carbocycles. The van der Waals surface area contributed by atoms with Crippen LogP contribution in [0.4, 0.5) is 0 Å².